The van der Waals surface area contributed by atoms with E-state index < -0.39 is 5.60 Å². The molecule has 2 aliphatic rings. The first-order valence-electron chi connectivity index (χ1n) is 8.76. The quantitative estimate of drug-likeness (QED) is 0.910. The van der Waals surface area contributed by atoms with Gasteiger partial charge in [-0.25, -0.2) is 9.59 Å². The van der Waals surface area contributed by atoms with Crippen molar-refractivity contribution in [3.8, 4) is 0 Å². The monoisotopic (exact) mass is 346 g/mol. The highest BCUT2D eigenvalue weighted by molar-refractivity contribution is 5.69. The maximum absolute atomic E-state index is 12.1. The van der Waals surface area contributed by atoms with Crippen molar-refractivity contribution in [1.82, 2.24) is 10.2 Å². The molecule has 25 heavy (non-hydrogen) atoms. The number of nitrogens with one attached hydrogen (secondary N) is 1. The number of benzene rings is 1. The number of carbonyl (C=O) groups excluding carboxylic acids is 2. The maximum atomic E-state index is 12.1. The Morgan fingerprint density at radius 1 is 1.16 bits per heavy atom. The Balaban J connectivity index is 1.35. The fraction of sp³-hybridized carbons (Fsp3) is 0.579. The molecule has 0 bridgehead atoms. The molecule has 2 unspecified atom stereocenters. The van der Waals surface area contributed by atoms with Crippen molar-refractivity contribution in [3.63, 3.8) is 0 Å². The summed E-state index contributed by atoms with van der Waals surface area (Å²) in [4.78, 5) is 25.6. The van der Waals surface area contributed by atoms with Gasteiger partial charge >= 0.3 is 12.2 Å². The van der Waals surface area contributed by atoms with E-state index >= 15 is 0 Å². The fourth-order valence-corrected chi connectivity index (χ4v) is 3.43. The molecule has 1 aromatic carbocycles. The van der Waals surface area contributed by atoms with Gasteiger partial charge in [-0.2, -0.15) is 0 Å². The normalized spacial score (nSPS) is 24.4. The Morgan fingerprint density at radius 2 is 1.80 bits per heavy atom. The fourth-order valence-electron chi connectivity index (χ4n) is 3.43. The minimum atomic E-state index is -0.483. The lowest BCUT2D eigenvalue weighted by atomic mass is 10.2. The van der Waals surface area contributed by atoms with Crippen LogP contribution in [0.3, 0.4) is 0 Å². The van der Waals surface area contributed by atoms with Crippen LogP contribution in [0.4, 0.5) is 9.59 Å². The van der Waals surface area contributed by atoms with Gasteiger partial charge in [0.1, 0.15) is 12.2 Å². The highest BCUT2D eigenvalue weighted by Crippen LogP contribution is 2.51. The Kier molecular flexibility index (Phi) is 4.88. The van der Waals surface area contributed by atoms with Crippen molar-refractivity contribution in [2.75, 3.05) is 19.6 Å². The van der Waals surface area contributed by atoms with E-state index in [1.807, 2.05) is 51.1 Å². The SMILES string of the molecule is CC(C)(C)OC(=O)NCC1C2CN(C(=O)OCc3ccccc3)CC12. The number of hydrogen-bond donors (Lipinski definition) is 1. The zero-order valence-corrected chi connectivity index (χ0v) is 15.0. The molecular formula is C19H26N2O4. The lowest BCUT2D eigenvalue weighted by Gasteiger charge is -2.21. The molecule has 136 valence electrons. The molecule has 2 amide bonds. The van der Waals surface area contributed by atoms with Gasteiger partial charge < -0.3 is 19.7 Å². The standard InChI is InChI=1S/C19H26N2O4/c1-19(2,3)25-17(22)20-9-14-15-10-21(11-16(14)15)18(23)24-12-13-7-5-4-6-8-13/h4-8,14-16H,9-12H2,1-3H3,(H,20,22). The summed E-state index contributed by atoms with van der Waals surface area (Å²) < 4.78 is 10.6. The molecule has 2 atom stereocenters. The summed E-state index contributed by atoms with van der Waals surface area (Å²) in [6.07, 6.45) is -0.633. The molecule has 1 saturated heterocycles. The number of amides is 2. The number of nitrogens with zero attached hydrogens (tertiary/aromatic N) is 1. The van der Waals surface area contributed by atoms with E-state index in [0.717, 1.165) is 5.56 Å². The molecule has 1 heterocycles. The molecule has 3 rings (SSSR count). The number of carbonyl (C=O) groups is 2. The molecule has 1 aliphatic heterocycles. The minimum absolute atomic E-state index is 0.255. The van der Waals surface area contributed by atoms with E-state index in [1.54, 1.807) is 4.90 Å². The van der Waals surface area contributed by atoms with Gasteiger partial charge in [-0.3, -0.25) is 0 Å². The average molecular weight is 346 g/mol. The Morgan fingerprint density at radius 3 is 2.40 bits per heavy atom. The van der Waals surface area contributed by atoms with Crippen molar-refractivity contribution in [2.45, 2.75) is 33.0 Å². The summed E-state index contributed by atoms with van der Waals surface area (Å²) >= 11 is 0. The average Bonchev–Trinajstić information content (AvgIpc) is 2.99. The van der Waals surface area contributed by atoms with E-state index in [4.69, 9.17) is 9.47 Å². The van der Waals surface area contributed by atoms with Crippen molar-refractivity contribution in [2.24, 2.45) is 17.8 Å². The Bertz CT molecular complexity index is 614. The van der Waals surface area contributed by atoms with Crippen LogP contribution in [0.5, 0.6) is 0 Å². The molecule has 1 aromatic rings. The Labute approximate surface area is 148 Å². The van der Waals surface area contributed by atoms with E-state index in [9.17, 15) is 9.59 Å². The van der Waals surface area contributed by atoms with Gasteiger partial charge in [-0.05, 0) is 44.1 Å². The van der Waals surface area contributed by atoms with Gasteiger partial charge in [0.2, 0.25) is 0 Å². The first kappa shape index (κ1) is 17.6. The highest BCUT2D eigenvalue weighted by atomic mass is 16.6. The minimum Gasteiger partial charge on any atom is -0.445 e. The van der Waals surface area contributed by atoms with Crippen LogP contribution < -0.4 is 5.32 Å². The van der Waals surface area contributed by atoms with E-state index in [1.165, 1.54) is 0 Å². The van der Waals surface area contributed by atoms with Crippen LogP contribution in [0.2, 0.25) is 0 Å². The van der Waals surface area contributed by atoms with Gasteiger partial charge in [-0.15, -0.1) is 0 Å². The van der Waals surface area contributed by atoms with Crippen LogP contribution in [-0.2, 0) is 16.1 Å². The molecule has 1 N–H and O–H groups in total. The number of likely N-dealkylation sites (tertiary alicyclic amines) is 1. The number of rotatable bonds is 4. The van der Waals surface area contributed by atoms with Crippen molar-refractivity contribution < 1.29 is 19.1 Å². The smallest absolute Gasteiger partial charge is 0.410 e. The number of alkyl carbamates (subject to hydrolysis) is 1. The van der Waals surface area contributed by atoms with Crippen LogP contribution in [0, 0.1) is 17.8 Å². The second-order valence-corrected chi connectivity index (χ2v) is 7.82. The molecular weight excluding hydrogens is 320 g/mol. The Hall–Kier alpha value is -2.24. The summed E-state index contributed by atoms with van der Waals surface area (Å²) in [7, 11) is 0. The summed E-state index contributed by atoms with van der Waals surface area (Å²) in [5.41, 5.74) is 0.502. The third-order valence-corrected chi connectivity index (χ3v) is 4.72. The van der Waals surface area contributed by atoms with Gasteiger partial charge in [0.15, 0.2) is 0 Å². The van der Waals surface area contributed by atoms with Gasteiger partial charge in [0.05, 0.1) is 0 Å². The van der Waals surface area contributed by atoms with Crippen LogP contribution in [0.1, 0.15) is 26.3 Å². The second-order valence-electron chi connectivity index (χ2n) is 7.82. The summed E-state index contributed by atoms with van der Waals surface area (Å²) in [5, 5.41) is 2.82. The van der Waals surface area contributed by atoms with Crippen LogP contribution in [0.25, 0.3) is 0 Å². The van der Waals surface area contributed by atoms with Crippen LogP contribution in [-0.4, -0.2) is 42.3 Å². The van der Waals surface area contributed by atoms with Crippen LogP contribution in [0.15, 0.2) is 30.3 Å². The molecule has 1 saturated carbocycles. The molecule has 0 radical (unpaired) electrons. The maximum Gasteiger partial charge on any atom is 0.410 e. The lowest BCUT2D eigenvalue weighted by Crippen LogP contribution is -2.36. The summed E-state index contributed by atoms with van der Waals surface area (Å²) in [6, 6.07) is 9.66. The topological polar surface area (TPSA) is 67.9 Å². The first-order valence-corrected chi connectivity index (χ1v) is 8.76. The lowest BCUT2D eigenvalue weighted by molar-refractivity contribution is 0.0520. The first-order chi connectivity index (χ1) is 11.8. The van der Waals surface area contributed by atoms with Gasteiger partial charge in [-0.1, -0.05) is 30.3 Å². The van der Waals surface area contributed by atoms with Crippen LogP contribution >= 0.6 is 0 Å². The molecule has 0 spiro atoms. The largest absolute Gasteiger partial charge is 0.445 e. The number of ether oxygens (including phenoxy) is 2. The summed E-state index contributed by atoms with van der Waals surface area (Å²) in [6.45, 7) is 7.86. The van der Waals surface area contributed by atoms with Crippen molar-refractivity contribution in [1.29, 1.82) is 0 Å². The molecule has 2 fully saturated rings. The number of hydrogen-bond acceptors (Lipinski definition) is 4. The second kappa shape index (κ2) is 6.94. The zero-order chi connectivity index (χ0) is 18.0. The van der Waals surface area contributed by atoms with E-state index in [2.05, 4.69) is 5.32 Å². The number of piperidine rings is 1. The summed E-state index contributed by atoms with van der Waals surface area (Å²) in [5.74, 6) is 1.35. The predicted octanol–water partition coefficient (Wildman–Crippen LogP) is 3.03. The zero-order valence-electron chi connectivity index (χ0n) is 15.0. The van der Waals surface area contributed by atoms with E-state index in [-0.39, 0.29) is 12.2 Å². The molecule has 6 heteroatoms. The molecule has 1 aliphatic carbocycles. The van der Waals surface area contributed by atoms with Crippen molar-refractivity contribution in [3.05, 3.63) is 35.9 Å². The van der Waals surface area contributed by atoms with Gasteiger partial charge in [0.25, 0.3) is 0 Å². The predicted molar refractivity (Wildman–Crippen MR) is 92.9 cm³/mol. The molecule has 6 nitrogen and oxygen atoms in total. The third-order valence-electron chi connectivity index (χ3n) is 4.72. The van der Waals surface area contributed by atoms with Crippen molar-refractivity contribution >= 4 is 12.2 Å². The van der Waals surface area contributed by atoms with Gasteiger partial charge in [0, 0.05) is 19.6 Å². The molecule has 0 aromatic heterocycles. The number of fused-ring (bicyclic) bond motifs is 1. The highest BCUT2D eigenvalue weighted by Gasteiger charge is 2.56. The van der Waals surface area contributed by atoms with E-state index in [0.29, 0.717) is 44.0 Å². The third kappa shape index (κ3) is 4.65.